The van der Waals surface area contributed by atoms with Crippen molar-refractivity contribution in [3.05, 3.63) is 72.1 Å². The number of anilines is 1. The first-order chi connectivity index (χ1) is 11.9. The summed E-state index contributed by atoms with van der Waals surface area (Å²) in [7, 11) is -3.77. The number of rotatable bonds is 4. The number of amides is 1. The van der Waals surface area contributed by atoms with Crippen LogP contribution in [0.3, 0.4) is 0 Å². The van der Waals surface area contributed by atoms with Crippen molar-refractivity contribution in [3.8, 4) is 0 Å². The van der Waals surface area contributed by atoms with Crippen molar-refractivity contribution in [1.82, 2.24) is 13.9 Å². The van der Waals surface area contributed by atoms with E-state index >= 15 is 0 Å². The van der Waals surface area contributed by atoms with Gasteiger partial charge in [0.15, 0.2) is 0 Å². The van der Waals surface area contributed by atoms with Gasteiger partial charge in [0, 0.05) is 30.5 Å². The quantitative estimate of drug-likeness (QED) is 0.774. The van der Waals surface area contributed by atoms with Gasteiger partial charge in [0.25, 0.3) is 15.9 Å². The van der Waals surface area contributed by atoms with Crippen molar-refractivity contribution in [1.29, 1.82) is 0 Å². The number of hydrogen-bond donors (Lipinski definition) is 1. The van der Waals surface area contributed by atoms with Crippen LogP contribution in [0.4, 0.5) is 5.69 Å². The summed E-state index contributed by atoms with van der Waals surface area (Å²) >= 11 is 0. The topological polar surface area (TPSA) is 94.0 Å². The molecule has 0 saturated carbocycles. The molecule has 7 nitrogen and oxygen atoms in total. The van der Waals surface area contributed by atoms with Gasteiger partial charge in [0.05, 0.1) is 5.69 Å². The molecule has 0 atom stereocenters. The smallest absolute Gasteiger partial charge is 0.274 e. The number of aromatic nitrogens is 3. The molecule has 1 amide bonds. The average molecular weight is 356 g/mol. The predicted octanol–water partition coefficient (Wildman–Crippen LogP) is 2.38. The minimum absolute atomic E-state index is 0.0915. The molecule has 0 aliphatic rings. The summed E-state index contributed by atoms with van der Waals surface area (Å²) in [5.74, 6) is -0.413. The third-order valence-electron chi connectivity index (χ3n) is 3.71. The van der Waals surface area contributed by atoms with Gasteiger partial charge in [-0.05, 0) is 43.7 Å². The second-order valence-corrected chi connectivity index (χ2v) is 7.32. The molecule has 8 heteroatoms. The van der Waals surface area contributed by atoms with E-state index in [1.165, 1.54) is 30.9 Å². The molecule has 0 unspecified atom stereocenters. The Kier molecular flexibility index (Phi) is 4.37. The van der Waals surface area contributed by atoms with E-state index in [2.05, 4.69) is 15.3 Å². The van der Waals surface area contributed by atoms with E-state index in [9.17, 15) is 13.2 Å². The lowest BCUT2D eigenvalue weighted by Gasteiger charge is -2.07. The summed E-state index contributed by atoms with van der Waals surface area (Å²) in [5.41, 5.74) is 2.17. The largest absolute Gasteiger partial charge is 0.319 e. The molecule has 3 heterocycles. The van der Waals surface area contributed by atoms with E-state index in [1.54, 1.807) is 31.2 Å². The van der Waals surface area contributed by atoms with E-state index in [0.29, 0.717) is 5.69 Å². The molecule has 3 aromatic heterocycles. The highest BCUT2D eigenvalue weighted by molar-refractivity contribution is 7.90. The molecule has 0 bridgehead atoms. The first-order valence-corrected chi connectivity index (χ1v) is 8.91. The van der Waals surface area contributed by atoms with Crippen molar-refractivity contribution in [2.75, 3.05) is 5.32 Å². The zero-order valence-electron chi connectivity index (χ0n) is 13.7. The molecule has 0 aliphatic carbocycles. The van der Waals surface area contributed by atoms with Gasteiger partial charge in [-0.3, -0.25) is 14.8 Å². The number of carbonyl (C=O) groups is 1. The Bertz CT molecular complexity index is 1030. The van der Waals surface area contributed by atoms with Crippen LogP contribution in [0.1, 0.15) is 21.7 Å². The third-order valence-corrected chi connectivity index (χ3v) is 5.31. The number of nitrogens with one attached hydrogen (secondary N) is 1. The van der Waals surface area contributed by atoms with Gasteiger partial charge < -0.3 is 5.32 Å². The van der Waals surface area contributed by atoms with Crippen molar-refractivity contribution in [2.24, 2.45) is 0 Å². The number of nitrogens with zero attached hydrogens (tertiary/aromatic N) is 3. The monoisotopic (exact) mass is 356 g/mol. The second-order valence-electron chi connectivity index (χ2n) is 5.48. The summed E-state index contributed by atoms with van der Waals surface area (Å²) in [4.78, 5) is 20.2. The maximum absolute atomic E-state index is 12.7. The predicted molar refractivity (Wildman–Crippen MR) is 92.9 cm³/mol. The molecule has 0 aromatic carbocycles. The number of carbonyl (C=O) groups excluding carboxylic acids is 1. The van der Waals surface area contributed by atoms with Crippen molar-refractivity contribution in [2.45, 2.75) is 18.7 Å². The van der Waals surface area contributed by atoms with E-state index < -0.39 is 15.9 Å². The fraction of sp³-hybridized carbons (Fsp3) is 0.118. The van der Waals surface area contributed by atoms with Crippen LogP contribution in [0.15, 0.2) is 60.0 Å². The molecular formula is C17H16N4O3S. The van der Waals surface area contributed by atoms with E-state index in [4.69, 9.17) is 0 Å². The highest BCUT2D eigenvalue weighted by Crippen LogP contribution is 2.19. The third kappa shape index (κ3) is 3.43. The lowest BCUT2D eigenvalue weighted by Crippen LogP contribution is -2.14. The molecule has 0 aliphatic heterocycles. The summed E-state index contributed by atoms with van der Waals surface area (Å²) in [6, 6.07) is 8.06. The molecule has 0 saturated heterocycles. The van der Waals surface area contributed by atoms with Crippen LogP contribution < -0.4 is 5.32 Å². The lowest BCUT2D eigenvalue weighted by molar-refractivity contribution is 0.102. The average Bonchev–Trinajstić information content (AvgIpc) is 3.07. The number of hydrogen-bond acceptors (Lipinski definition) is 5. The van der Waals surface area contributed by atoms with Gasteiger partial charge >= 0.3 is 0 Å². The normalized spacial score (nSPS) is 11.3. The molecular weight excluding hydrogens is 340 g/mol. The minimum atomic E-state index is -3.77. The van der Waals surface area contributed by atoms with Crippen molar-refractivity contribution < 1.29 is 13.2 Å². The minimum Gasteiger partial charge on any atom is -0.319 e. The van der Waals surface area contributed by atoms with Gasteiger partial charge in [-0.25, -0.2) is 12.4 Å². The summed E-state index contributed by atoms with van der Waals surface area (Å²) in [6.45, 7) is 3.61. The van der Waals surface area contributed by atoms with Gasteiger partial charge in [-0.1, -0.05) is 6.07 Å². The Morgan fingerprint density at radius 2 is 1.96 bits per heavy atom. The van der Waals surface area contributed by atoms with Gasteiger partial charge in [-0.2, -0.15) is 0 Å². The van der Waals surface area contributed by atoms with Crippen LogP contribution >= 0.6 is 0 Å². The molecule has 0 spiro atoms. The zero-order chi connectivity index (χ0) is 18.0. The van der Waals surface area contributed by atoms with E-state index in [1.807, 2.05) is 6.92 Å². The van der Waals surface area contributed by atoms with Crippen LogP contribution in [0.25, 0.3) is 0 Å². The Labute approximate surface area is 145 Å². The number of pyridine rings is 2. The van der Waals surface area contributed by atoms with Crippen molar-refractivity contribution >= 4 is 21.6 Å². The highest BCUT2D eigenvalue weighted by Gasteiger charge is 2.18. The molecule has 3 aromatic rings. The zero-order valence-corrected chi connectivity index (χ0v) is 14.5. The van der Waals surface area contributed by atoms with Crippen LogP contribution in [-0.2, 0) is 10.0 Å². The summed E-state index contributed by atoms with van der Waals surface area (Å²) < 4.78 is 26.4. The second kappa shape index (κ2) is 6.48. The Morgan fingerprint density at radius 1 is 1.16 bits per heavy atom. The van der Waals surface area contributed by atoms with Gasteiger partial charge in [0.1, 0.15) is 10.6 Å². The van der Waals surface area contributed by atoms with Crippen molar-refractivity contribution in [3.63, 3.8) is 0 Å². The van der Waals surface area contributed by atoms with Gasteiger partial charge in [-0.15, -0.1) is 0 Å². The fourth-order valence-electron chi connectivity index (χ4n) is 2.17. The molecule has 1 N–H and O–H groups in total. The first kappa shape index (κ1) is 16.8. The standard InChI is InChI=1S/C17H16N4O3S/c1-12-9-15(10-19-13(12)2)25(23,24)21-8-6-14(11-21)20-17(22)16-5-3-4-7-18-16/h3-11H,1-2H3,(H,20,22). The van der Waals surface area contributed by atoms with Gasteiger partial charge in [0.2, 0.25) is 0 Å². The SMILES string of the molecule is Cc1cc(S(=O)(=O)n2ccc(NC(=O)c3ccccn3)c2)cnc1C. The summed E-state index contributed by atoms with van der Waals surface area (Å²) in [5, 5.41) is 2.62. The summed E-state index contributed by atoms with van der Waals surface area (Å²) in [6.07, 6.45) is 5.55. The first-order valence-electron chi connectivity index (χ1n) is 7.47. The molecule has 3 rings (SSSR count). The molecule has 0 fully saturated rings. The maximum Gasteiger partial charge on any atom is 0.274 e. The fourth-order valence-corrected chi connectivity index (χ4v) is 3.40. The Morgan fingerprint density at radius 3 is 2.64 bits per heavy atom. The van der Waals surface area contributed by atoms with E-state index in [-0.39, 0.29) is 10.6 Å². The Balaban J connectivity index is 1.85. The number of aryl methyl sites for hydroxylation is 2. The van der Waals surface area contributed by atoms with Crippen LogP contribution in [-0.4, -0.2) is 28.3 Å². The molecule has 128 valence electrons. The van der Waals surface area contributed by atoms with Crippen LogP contribution in [0.5, 0.6) is 0 Å². The molecule has 0 radical (unpaired) electrons. The van der Waals surface area contributed by atoms with E-state index in [0.717, 1.165) is 15.2 Å². The highest BCUT2D eigenvalue weighted by atomic mass is 32.2. The van der Waals surface area contributed by atoms with Crippen LogP contribution in [0.2, 0.25) is 0 Å². The molecule has 25 heavy (non-hydrogen) atoms. The van der Waals surface area contributed by atoms with Crippen LogP contribution in [0, 0.1) is 13.8 Å². The lowest BCUT2D eigenvalue weighted by atomic mass is 10.2. The Hall–Kier alpha value is -3.00. The maximum atomic E-state index is 12.7.